The molecule has 0 saturated carbocycles. The number of sulfonamides is 1. The van der Waals surface area contributed by atoms with E-state index < -0.39 is 10.0 Å². The lowest BCUT2D eigenvalue weighted by Crippen LogP contribution is -2.30. The highest BCUT2D eigenvalue weighted by Gasteiger charge is 2.20. The van der Waals surface area contributed by atoms with Gasteiger partial charge in [0.05, 0.1) is 4.90 Å². The van der Waals surface area contributed by atoms with Crippen molar-refractivity contribution in [3.63, 3.8) is 0 Å². The Morgan fingerprint density at radius 2 is 1.58 bits per heavy atom. The van der Waals surface area contributed by atoms with Crippen LogP contribution in [0.5, 0.6) is 0 Å². The van der Waals surface area contributed by atoms with Crippen LogP contribution in [0.15, 0.2) is 59.5 Å². The maximum Gasteiger partial charge on any atom is 0.248 e. The predicted octanol–water partition coefficient (Wildman–Crippen LogP) is 3.68. The molecule has 1 amide bonds. The summed E-state index contributed by atoms with van der Waals surface area (Å²) in [5, 5.41) is 2.78. The highest BCUT2D eigenvalue weighted by atomic mass is 32.2. The van der Waals surface area contributed by atoms with E-state index in [4.69, 9.17) is 0 Å². The van der Waals surface area contributed by atoms with Gasteiger partial charge in [0.25, 0.3) is 0 Å². The number of carbonyl (C=O) groups excluding carboxylic acids is 1. The molecule has 0 aromatic heterocycles. The van der Waals surface area contributed by atoms with Gasteiger partial charge in [-0.15, -0.1) is 0 Å². The molecule has 0 aliphatic carbocycles. The number of nitrogens with one attached hydrogen (secondary N) is 1. The van der Waals surface area contributed by atoms with Crippen LogP contribution in [0, 0.1) is 6.92 Å². The number of rotatable bonds is 7. The molecule has 0 spiro atoms. The summed E-state index contributed by atoms with van der Waals surface area (Å²) < 4.78 is 26.3. The summed E-state index contributed by atoms with van der Waals surface area (Å²) in [4.78, 5) is 12.2. The summed E-state index contributed by atoms with van der Waals surface area (Å²) in [6, 6.07) is 14.0. The smallest absolute Gasteiger partial charge is 0.248 e. The number of anilines is 1. The summed E-state index contributed by atoms with van der Waals surface area (Å²) in [5.74, 6) is -0.242. The quantitative estimate of drug-likeness (QED) is 0.754. The Hall–Kier alpha value is -2.44. The zero-order valence-electron chi connectivity index (χ0n) is 15.3. The lowest BCUT2D eigenvalue weighted by atomic mass is 10.2. The molecule has 0 heterocycles. The SMILES string of the molecule is CCN(CC)S(=O)(=O)c1ccc(/C=C/C(=O)Nc2ccc(C)cc2)cc1. The molecule has 0 atom stereocenters. The first kappa shape index (κ1) is 19.9. The number of nitrogens with zero attached hydrogens (tertiary/aromatic N) is 1. The summed E-state index contributed by atoms with van der Waals surface area (Å²) in [6.45, 7) is 6.46. The molecule has 2 rings (SSSR count). The normalized spacial score (nSPS) is 11.8. The van der Waals surface area contributed by atoms with Crippen molar-refractivity contribution in [2.45, 2.75) is 25.7 Å². The third kappa shape index (κ3) is 5.03. The van der Waals surface area contributed by atoms with Gasteiger partial charge in [0.2, 0.25) is 15.9 Å². The van der Waals surface area contributed by atoms with Gasteiger partial charge in [-0.05, 0) is 42.8 Å². The Morgan fingerprint density at radius 3 is 2.12 bits per heavy atom. The van der Waals surface area contributed by atoms with Crippen LogP contribution in [0.1, 0.15) is 25.0 Å². The molecule has 2 aromatic carbocycles. The first-order chi connectivity index (χ1) is 12.4. The number of benzene rings is 2. The van der Waals surface area contributed by atoms with Gasteiger partial charge >= 0.3 is 0 Å². The third-order valence-corrected chi connectivity index (χ3v) is 6.03. The van der Waals surface area contributed by atoms with Gasteiger partial charge in [0.1, 0.15) is 0 Å². The number of hydrogen-bond donors (Lipinski definition) is 1. The summed E-state index contributed by atoms with van der Waals surface area (Å²) in [5.41, 5.74) is 2.60. The molecule has 6 heteroatoms. The maximum absolute atomic E-state index is 12.4. The standard InChI is InChI=1S/C20H24N2O3S/c1-4-22(5-2)26(24,25)19-13-8-17(9-14-19)10-15-20(23)21-18-11-6-16(3)7-12-18/h6-15H,4-5H2,1-3H3,(H,21,23)/b15-10+. The average molecular weight is 372 g/mol. The molecule has 0 saturated heterocycles. The molecule has 0 aliphatic rings. The second-order valence-corrected chi connectivity index (χ2v) is 7.78. The van der Waals surface area contributed by atoms with Crippen LogP contribution >= 0.6 is 0 Å². The summed E-state index contributed by atoms with van der Waals surface area (Å²) in [6.07, 6.45) is 3.07. The minimum absolute atomic E-state index is 0.242. The van der Waals surface area contributed by atoms with Gasteiger partial charge in [-0.2, -0.15) is 4.31 Å². The van der Waals surface area contributed by atoms with E-state index >= 15 is 0 Å². The topological polar surface area (TPSA) is 66.5 Å². The summed E-state index contributed by atoms with van der Waals surface area (Å²) >= 11 is 0. The van der Waals surface area contributed by atoms with Crippen LogP contribution in [0.4, 0.5) is 5.69 Å². The van der Waals surface area contributed by atoms with Crippen LogP contribution in [-0.4, -0.2) is 31.7 Å². The van der Waals surface area contributed by atoms with Crippen molar-refractivity contribution in [3.05, 3.63) is 65.7 Å². The fourth-order valence-electron chi connectivity index (χ4n) is 2.46. The monoisotopic (exact) mass is 372 g/mol. The minimum atomic E-state index is -3.46. The van der Waals surface area contributed by atoms with Crippen molar-refractivity contribution < 1.29 is 13.2 Å². The first-order valence-corrected chi connectivity index (χ1v) is 9.96. The fourth-order valence-corrected chi connectivity index (χ4v) is 3.91. The summed E-state index contributed by atoms with van der Waals surface area (Å²) in [7, 11) is -3.46. The number of amides is 1. The maximum atomic E-state index is 12.4. The zero-order chi connectivity index (χ0) is 19.2. The second-order valence-electron chi connectivity index (χ2n) is 5.85. The van der Waals surface area contributed by atoms with Crippen LogP contribution in [0.25, 0.3) is 6.08 Å². The van der Waals surface area contributed by atoms with Crippen LogP contribution < -0.4 is 5.32 Å². The van der Waals surface area contributed by atoms with Crippen molar-refractivity contribution in [3.8, 4) is 0 Å². The number of hydrogen-bond acceptors (Lipinski definition) is 3. The average Bonchev–Trinajstić information content (AvgIpc) is 2.63. The van der Waals surface area contributed by atoms with Gasteiger partial charge in [-0.1, -0.05) is 43.7 Å². The highest BCUT2D eigenvalue weighted by molar-refractivity contribution is 7.89. The molecule has 5 nitrogen and oxygen atoms in total. The molecule has 1 N–H and O–H groups in total. The van der Waals surface area contributed by atoms with E-state index in [2.05, 4.69) is 5.32 Å². The van der Waals surface area contributed by atoms with Crippen molar-refractivity contribution in [1.82, 2.24) is 4.31 Å². The van der Waals surface area contributed by atoms with Crippen molar-refractivity contribution in [2.75, 3.05) is 18.4 Å². The van der Waals surface area contributed by atoms with E-state index in [1.165, 1.54) is 10.4 Å². The molecule has 138 valence electrons. The predicted molar refractivity (Wildman–Crippen MR) is 105 cm³/mol. The molecule has 2 aromatic rings. The second kappa shape index (κ2) is 8.78. The molecule has 26 heavy (non-hydrogen) atoms. The zero-order valence-corrected chi connectivity index (χ0v) is 16.1. The van der Waals surface area contributed by atoms with Crippen LogP contribution in [0.2, 0.25) is 0 Å². The Balaban J connectivity index is 2.05. The Kier molecular flexibility index (Phi) is 6.71. The minimum Gasteiger partial charge on any atom is -0.323 e. The molecule has 0 aliphatic heterocycles. The van der Waals surface area contributed by atoms with Crippen molar-refractivity contribution >= 4 is 27.7 Å². The number of carbonyl (C=O) groups is 1. The molecular formula is C20H24N2O3S. The first-order valence-electron chi connectivity index (χ1n) is 8.52. The molecule has 0 fully saturated rings. The van der Waals surface area contributed by atoms with Gasteiger partial charge in [0.15, 0.2) is 0 Å². The van der Waals surface area contributed by atoms with E-state index in [1.807, 2.05) is 45.0 Å². The van der Waals surface area contributed by atoms with E-state index in [9.17, 15) is 13.2 Å². The largest absolute Gasteiger partial charge is 0.323 e. The van der Waals surface area contributed by atoms with Crippen molar-refractivity contribution in [2.24, 2.45) is 0 Å². The molecule has 0 unspecified atom stereocenters. The number of aryl methyl sites for hydroxylation is 1. The Labute approximate surface area is 155 Å². The van der Waals surface area contributed by atoms with Crippen molar-refractivity contribution in [1.29, 1.82) is 0 Å². The molecular weight excluding hydrogens is 348 g/mol. The van der Waals surface area contributed by atoms with E-state index in [0.29, 0.717) is 13.1 Å². The van der Waals surface area contributed by atoms with Gasteiger partial charge in [-0.25, -0.2) is 8.42 Å². The highest BCUT2D eigenvalue weighted by Crippen LogP contribution is 2.17. The lowest BCUT2D eigenvalue weighted by Gasteiger charge is -2.18. The van der Waals surface area contributed by atoms with Gasteiger partial charge in [0, 0.05) is 24.9 Å². The van der Waals surface area contributed by atoms with E-state index in [1.54, 1.807) is 30.3 Å². The lowest BCUT2D eigenvalue weighted by molar-refractivity contribution is -0.111. The van der Waals surface area contributed by atoms with Crippen LogP contribution in [0.3, 0.4) is 0 Å². The fraction of sp³-hybridized carbons (Fsp3) is 0.250. The Bertz CT molecular complexity index is 866. The molecule has 0 radical (unpaired) electrons. The van der Waals surface area contributed by atoms with Gasteiger partial charge < -0.3 is 5.32 Å². The van der Waals surface area contributed by atoms with E-state index in [-0.39, 0.29) is 10.8 Å². The Morgan fingerprint density at radius 1 is 1.00 bits per heavy atom. The van der Waals surface area contributed by atoms with E-state index in [0.717, 1.165) is 16.8 Å². The molecule has 0 bridgehead atoms. The van der Waals surface area contributed by atoms with Gasteiger partial charge in [-0.3, -0.25) is 4.79 Å². The third-order valence-electron chi connectivity index (χ3n) is 3.97. The van der Waals surface area contributed by atoms with Crippen LogP contribution in [-0.2, 0) is 14.8 Å².